The maximum atomic E-state index is 11.9. The van der Waals surface area contributed by atoms with Crippen LogP contribution in [0.1, 0.15) is 15.9 Å². The van der Waals surface area contributed by atoms with Gasteiger partial charge in [-0.05, 0) is 23.8 Å². The van der Waals surface area contributed by atoms with Gasteiger partial charge in [-0.15, -0.1) is 11.3 Å². The Bertz CT molecular complexity index is 593. The quantitative estimate of drug-likeness (QED) is 0.733. The lowest BCUT2D eigenvalue weighted by Crippen LogP contribution is -2.08. The van der Waals surface area contributed by atoms with Crippen LogP contribution < -0.4 is 4.74 Å². The Morgan fingerprint density at radius 1 is 1.25 bits per heavy atom. The Hall–Kier alpha value is -1.07. The molecule has 0 radical (unpaired) electrons. The van der Waals surface area contributed by atoms with Crippen molar-refractivity contribution in [1.82, 2.24) is 0 Å². The number of methoxy groups -OCH3 is 1. The van der Waals surface area contributed by atoms with Crippen LogP contribution in [0.5, 0.6) is 5.75 Å². The van der Waals surface area contributed by atoms with Crippen molar-refractivity contribution in [3.05, 3.63) is 50.1 Å². The van der Waals surface area contributed by atoms with E-state index in [9.17, 15) is 4.79 Å². The van der Waals surface area contributed by atoms with E-state index in [0.29, 0.717) is 20.8 Å². The maximum Gasteiger partial charge on any atom is 0.190 e. The second-order valence-corrected chi connectivity index (χ2v) is 6.29. The molecule has 0 saturated carbocycles. The number of rotatable bonds is 6. The molecule has 0 aliphatic heterocycles. The first-order chi connectivity index (χ1) is 9.60. The van der Waals surface area contributed by atoms with E-state index in [4.69, 9.17) is 32.7 Å². The lowest BCUT2D eigenvalue weighted by molar-refractivity contribution is 0.0727. The van der Waals surface area contributed by atoms with Crippen LogP contribution >= 0.6 is 34.5 Å². The minimum Gasteiger partial charge on any atom is -0.497 e. The number of benzene rings is 1. The molecule has 0 atom stereocenters. The number of thiophene rings is 1. The van der Waals surface area contributed by atoms with Crippen molar-refractivity contribution in [1.29, 1.82) is 0 Å². The fourth-order valence-electron chi connectivity index (χ4n) is 1.59. The van der Waals surface area contributed by atoms with Gasteiger partial charge >= 0.3 is 0 Å². The van der Waals surface area contributed by atoms with E-state index in [0.717, 1.165) is 11.3 Å². The second-order valence-electron chi connectivity index (χ2n) is 4.00. The van der Waals surface area contributed by atoms with Gasteiger partial charge in [0.1, 0.15) is 16.7 Å². The third kappa shape index (κ3) is 3.96. The third-order valence-corrected chi connectivity index (χ3v) is 4.11. The van der Waals surface area contributed by atoms with Gasteiger partial charge in [0.05, 0.1) is 23.6 Å². The average molecular weight is 331 g/mol. The summed E-state index contributed by atoms with van der Waals surface area (Å²) in [6.45, 7) is 0.323. The maximum absolute atomic E-state index is 11.9. The minimum atomic E-state index is -0.174. The standard InChI is InChI=1S/C14H12Cl2O3S/c1-18-10-4-2-9(3-5-10)7-19-8-12(17)11-6-13(15)20-14(11)16/h2-6H,7-8H2,1H3. The number of ether oxygens (including phenoxy) is 2. The van der Waals surface area contributed by atoms with E-state index in [1.54, 1.807) is 13.2 Å². The van der Waals surface area contributed by atoms with Gasteiger partial charge < -0.3 is 9.47 Å². The number of halogens is 2. The summed E-state index contributed by atoms with van der Waals surface area (Å²) in [6, 6.07) is 9.02. The van der Waals surface area contributed by atoms with Gasteiger partial charge in [0, 0.05) is 0 Å². The van der Waals surface area contributed by atoms with Crippen LogP contribution in [0.25, 0.3) is 0 Å². The van der Waals surface area contributed by atoms with Gasteiger partial charge in [-0.1, -0.05) is 35.3 Å². The molecule has 1 heterocycles. The summed E-state index contributed by atoms with van der Waals surface area (Å²) in [5.74, 6) is 0.608. The van der Waals surface area contributed by atoms with E-state index in [1.165, 1.54) is 11.3 Å². The van der Waals surface area contributed by atoms with Crippen LogP contribution in [-0.2, 0) is 11.3 Å². The van der Waals surface area contributed by atoms with Gasteiger partial charge in [-0.25, -0.2) is 0 Å². The molecule has 2 aromatic rings. The summed E-state index contributed by atoms with van der Waals surface area (Å²) in [7, 11) is 1.61. The molecule has 0 bridgehead atoms. The average Bonchev–Trinajstić information content (AvgIpc) is 2.78. The summed E-state index contributed by atoms with van der Waals surface area (Å²) in [6.07, 6.45) is 0. The molecule has 0 N–H and O–H groups in total. The first-order valence-electron chi connectivity index (χ1n) is 5.79. The van der Waals surface area contributed by atoms with Gasteiger partial charge in [-0.3, -0.25) is 4.79 Å². The second kappa shape index (κ2) is 7.09. The third-order valence-electron chi connectivity index (χ3n) is 2.62. The number of ketones is 1. The van der Waals surface area contributed by atoms with Crippen molar-refractivity contribution < 1.29 is 14.3 Å². The van der Waals surface area contributed by atoms with Crippen molar-refractivity contribution in [3.63, 3.8) is 0 Å². The summed E-state index contributed by atoms with van der Waals surface area (Å²) in [4.78, 5) is 11.9. The predicted molar refractivity (Wildman–Crippen MR) is 81.3 cm³/mol. The van der Waals surface area contributed by atoms with Gasteiger partial charge in [-0.2, -0.15) is 0 Å². The number of carbonyl (C=O) groups excluding carboxylic acids is 1. The van der Waals surface area contributed by atoms with E-state index >= 15 is 0 Å². The Labute approximate surface area is 131 Å². The molecule has 0 saturated heterocycles. The summed E-state index contributed by atoms with van der Waals surface area (Å²) < 4.78 is 11.3. The van der Waals surface area contributed by atoms with Crippen molar-refractivity contribution >= 4 is 40.3 Å². The lowest BCUT2D eigenvalue weighted by Gasteiger charge is -2.05. The number of hydrogen-bond donors (Lipinski definition) is 0. The number of hydrogen-bond acceptors (Lipinski definition) is 4. The molecule has 0 unspecified atom stereocenters. The molecule has 1 aromatic carbocycles. The van der Waals surface area contributed by atoms with E-state index < -0.39 is 0 Å². The Balaban J connectivity index is 1.86. The van der Waals surface area contributed by atoms with Crippen LogP contribution in [0.2, 0.25) is 8.67 Å². The zero-order chi connectivity index (χ0) is 14.5. The lowest BCUT2D eigenvalue weighted by atomic mass is 10.2. The molecule has 6 heteroatoms. The highest BCUT2D eigenvalue weighted by atomic mass is 35.5. The molecular weight excluding hydrogens is 319 g/mol. The molecule has 0 spiro atoms. The summed E-state index contributed by atoms with van der Waals surface area (Å²) in [5.41, 5.74) is 1.38. The minimum absolute atomic E-state index is 0.0290. The number of Topliss-reactive ketones (excluding diaryl/α,β-unsaturated/α-hetero) is 1. The normalized spacial score (nSPS) is 10.6. The topological polar surface area (TPSA) is 35.5 Å². The summed E-state index contributed by atoms with van der Waals surface area (Å²) in [5, 5.41) is 0. The molecule has 0 amide bonds. The Morgan fingerprint density at radius 2 is 1.95 bits per heavy atom. The van der Waals surface area contributed by atoms with Crippen molar-refractivity contribution in [2.24, 2.45) is 0 Å². The van der Waals surface area contributed by atoms with Crippen LogP contribution in [0.4, 0.5) is 0 Å². The van der Waals surface area contributed by atoms with Gasteiger partial charge in [0.2, 0.25) is 0 Å². The molecule has 20 heavy (non-hydrogen) atoms. The van der Waals surface area contributed by atoms with Gasteiger partial charge in [0.15, 0.2) is 5.78 Å². The van der Waals surface area contributed by atoms with Crippen LogP contribution in [0.15, 0.2) is 30.3 Å². The molecular formula is C14H12Cl2O3S. The fourth-order valence-corrected chi connectivity index (χ4v) is 3.09. The zero-order valence-electron chi connectivity index (χ0n) is 10.7. The first-order valence-corrected chi connectivity index (χ1v) is 7.36. The Kier molecular flexibility index (Phi) is 5.43. The predicted octanol–water partition coefficient (Wildman–Crippen LogP) is 4.46. The highest BCUT2D eigenvalue weighted by Gasteiger charge is 2.14. The molecule has 106 valence electrons. The van der Waals surface area contributed by atoms with Crippen molar-refractivity contribution in [2.45, 2.75) is 6.61 Å². The van der Waals surface area contributed by atoms with E-state index in [-0.39, 0.29) is 12.4 Å². The fraction of sp³-hybridized carbons (Fsp3) is 0.214. The molecule has 2 rings (SSSR count). The van der Waals surface area contributed by atoms with Crippen molar-refractivity contribution in [3.8, 4) is 5.75 Å². The molecule has 0 aliphatic carbocycles. The SMILES string of the molecule is COc1ccc(COCC(=O)c2cc(Cl)sc2Cl)cc1. The summed E-state index contributed by atoms with van der Waals surface area (Å²) >= 11 is 12.9. The van der Waals surface area contributed by atoms with Gasteiger partial charge in [0.25, 0.3) is 0 Å². The molecule has 0 fully saturated rings. The Morgan fingerprint density at radius 3 is 2.50 bits per heavy atom. The van der Waals surface area contributed by atoms with E-state index in [1.807, 2.05) is 24.3 Å². The largest absolute Gasteiger partial charge is 0.497 e. The number of carbonyl (C=O) groups is 1. The first kappa shape index (κ1) is 15.3. The highest BCUT2D eigenvalue weighted by Crippen LogP contribution is 2.31. The van der Waals surface area contributed by atoms with Crippen LogP contribution in [0, 0.1) is 0 Å². The zero-order valence-corrected chi connectivity index (χ0v) is 13.0. The molecule has 3 nitrogen and oxygen atoms in total. The molecule has 1 aromatic heterocycles. The van der Waals surface area contributed by atoms with Crippen LogP contribution in [0.3, 0.4) is 0 Å². The van der Waals surface area contributed by atoms with Crippen molar-refractivity contribution in [2.75, 3.05) is 13.7 Å². The smallest absolute Gasteiger partial charge is 0.190 e. The van der Waals surface area contributed by atoms with E-state index in [2.05, 4.69) is 0 Å². The molecule has 0 aliphatic rings. The highest BCUT2D eigenvalue weighted by molar-refractivity contribution is 7.20. The van der Waals surface area contributed by atoms with Crippen LogP contribution in [-0.4, -0.2) is 19.5 Å². The monoisotopic (exact) mass is 330 g/mol.